The molecule has 0 spiro atoms. The van der Waals surface area contributed by atoms with Crippen molar-refractivity contribution in [1.29, 1.82) is 0 Å². The van der Waals surface area contributed by atoms with E-state index in [-0.39, 0.29) is 5.91 Å². The van der Waals surface area contributed by atoms with Crippen molar-refractivity contribution in [1.82, 2.24) is 15.1 Å². The van der Waals surface area contributed by atoms with Gasteiger partial charge in [-0.2, -0.15) is 5.10 Å². The molecule has 0 saturated carbocycles. The van der Waals surface area contributed by atoms with Gasteiger partial charge >= 0.3 is 0 Å². The predicted octanol–water partition coefficient (Wildman–Crippen LogP) is 2.88. The highest BCUT2D eigenvalue weighted by Gasteiger charge is 2.10. The van der Waals surface area contributed by atoms with Crippen LogP contribution in [0.25, 0.3) is 0 Å². The van der Waals surface area contributed by atoms with Gasteiger partial charge in [-0.15, -0.1) is 0 Å². The maximum Gasteiger partial charge on any atom is 0.252 e. The number of aryl methyl sites for hydroxylation is 1. The van der Waals surface area contributed by atoms with E-state index in [2.05, 4.69) is 42.3 Å². The summed E-state index contributed by atoms with van der Waals surface area (Å²) in [5.74, 6) is -0.131. The summed E-state index contributed by atoms with van der Waals surface area (Å²) in [6.45, 7) is 0.415. The minimum absolute atomic E-state index is 0.131. The minimum atomic E-state index is -0.131. The number of benzene rings is 1. The maximum absolute atomic E-state index is 12.0. The number of rotatable bonds is 3. The van der Waals surface area contributed by atoms with Crippen LogP contribution in [0.2, 0.25) is 0 Å². The van der Waals surface area contributed by atoms with Crippen molar-refractivity contribution in [3.63, 3.8) is 0 Å². The summed E-state index contributed by atoms with van der Waals surface area (Å²) < 4.78 is 3.34. The molecule has 0 radical (unpaired) electrons. The van der Waals surface area contributed by atoms with Crippen molar-refractivity contribution in [3.8, 4) is 0 Å². The summed E-state index contributed by atoms with van der Waals surface area (Å²) in [6, 6.07) is 7.35. The van der Waals surface area contributed by atoms with Crippen LogP contribution in [-0.4, -0.2) is 15.7 Å². The Hall–Kier alpha value is -1.14. The maximum atomic E-state index is 12.0. The Morgan fingerprint density at radius 2 is 2.17 bits per heavy atom. The molecule has 1 aromatic carbocycles. The molecule has 1 N–H and O–H groups in total. The monoisotopic (exact) mass is 371 g/mol. The average Bonchev–Trinajstić information content (AvgIpc) is 2.75. The lowest BCUT2D eigenvalue weighted by Crippen LogP contribution is -2.23. The zero-order chi connectivity index (χ0) is 13.1. The summed E-state index contributed by atoms with van der Waals surface area (Å²) in [7, 11) is 1.84. The molecule has 0 unspecified atom stereocenters. The zero-order valence-corrected chi connectivity index (χ0v) is 12.8. The molecule has 1 amide bonds. The van der Waals surface area contributed by atoms with E-state index in [4.69, 9.17) is 0 Å². The van der Waals surface area contributed by atoms with Gasteiger partial charge in [0, 0.05) is 22.2 Å². The van der Waals surface area contributed by atoms with E-state index in [0.29, 0.717) is 12.1 Å². The van der Waals surface area contributed by atoms with Crippen molar-refractivity contribution < 1.29 is 4.79 Å². The van der Waals surface area contributed by atoms with Crippen molar-refractivity contribution in [2.24, 2.45) is 7.05 Å². The number of carbonyl (C=O) groups is 1. The molecule has 0 aliphatic heterocycles. The van der Waals surface area contributed by atoms with Crippen molar-refractivity contribution in [2.45, 2.75) is 6.54 Å². The highest BCUT2D eigenvalue weighted by atomic mass is 79.9. The van der Waals surface area contributed by atoms with Gasteiger partial charge in [0.05, 0.1) is 17.8 Å². The van der Waals surface area contributed by atoms with Crippen LogP contribution in [0.5, 0.6) is 0 Å². The number of amides is 1. The lowest BCUT2D eigenvalue weighted by Gasteiger charge is -2.06. The van der Waals surface area contributed by atoms with Gasteiger partial charge in [0.1, 0.15) is 0 Å². The van der Waals surface area contributed by atoms with Crippen LogP contribution in [0, 0.1) is 0 Å². The third-order valence-corrected chi connectivity index (χ3v) is 3.56. The van der Waals surface area contributed by atoms with Gasteiger partial charge in [-0.3, -0.25) is 9.48 Å². The summed E-state index contributed by atoms with van der Waals surface area (Å²) in [5.41, 5.74) is 1.43. The van der Waals surface area contributed by atoms with Crippen LogP contribution < -0.4 is 5.32 Å². The molecule has 6 heteroatoms. The molecule has 18 heavy (non-hydrogen) atoms. The Labute approximate surface area is 122 Å². The number of aromatic nitrogens is 2. The molecule has 1 heterocycles. The Balaban J connectivity index is 2.05. The molecule has 4 nitrogen and oxygen atoms in total. The summed E-state index contributed by atoms with van der Waals surface area (Å²) in [6.07, 6.45) is 1.84. The SMILES string of the molecule is Cn1ccc(CNC(=O)c2cc(Br)ccc2Br)n1. The Morgan fingerprint density at radius 1 is 1.39 bits per heavy atom. The summed E-state index contributed by atoms with van der Waals surface area (Å²) in [5, 5.41) is 7.03. The van der Waals surface area contributed by atoms with Crippen LogP contribution in [0.4, 0.5) is 0 Å². The first-order chi connectivity index (χ1) is 8.56. The molecule has 0 bridgehead atoms. The van der Waals surface area contributed by atoms with Crippen LogP contribution in [-0.2, 0) is 13.6 Å². The topological polar surface area (TPSA) is 46.9 Å². The van der Waals surface area contributed by atoms with Crippen LogP contribution in [0.15, 0.2) is 39.4 Å². The van der Waals surface area contributed by atoms with E-state index in [1.54, 1.807) is 10.7 Å². The van der Waals surface area contributed by atoms with Gasteiger partial charge in [-0.05, 0) is 40.2 Å². The number of nitrogens with zero attached hydrogens (tertiary/aromatic N) is 2. The molecular formula is C12H11Br2N3O. The second-order valence-electron chi connectivity index (χ2n) is 3.79. The molecule has 94 valence electrons. The van der Waals surface area contributed by atoms with Crippen LogP contribution in [0.3, 0.4) is 0 Å². The standard InChI is InChI=1S/C12H11Br2N3O/c1-17-5-4-9(16-17)7-15-12(18)10-6-8(13)2-3-11(10)14/h2-6H,7H2,1H3,(H,15,18). The van der Waals surface area contributed by atoms with Crippen molar-refractivity contribution in [2.75, 3.05) is 0 Å². The number of halogens is 2. The third-order valence-electron chi connectivity index (χ3n) is 2.37. The van der Waals surface area contributed by atoms with Crippen LogP contribution >= 0.6 is 31.9 Å². The second-order valence-corrected chi connectivity index (χ2v) is 5.56. The molecule has 0 aliphatic carbocycles. The van der Waals surface area contributed by atoms with Gasteiger partial charge < -0.3 is 5.32 Å². The van der Waals surface area contributed by atoms with Gasteiger partial charge in [-0.25, -0.2) is 0 Å². The van der Waals surface area contributed by atoms with Crippen molar-refractivity contribution in [3.05, 3.63) is 50.7 Å². The molecule has 1 aromatic heterocycles. The highest BCUT2D eigenvalue weighted by molar-refractivity contribution is 9.11. The fourth-order valence-electron chi connectivity index (χ4n) is 1.50. The van der Waals surface area contributed by atoms with Gasteiger partial charge in [0.15, 0.2) is 0 Å². The predicted molar refractivity (Wildman–Crippen MR) is 76.2 cm³/mol. The fraction of sp³-hybridized carbons (Fsp3) is 0.167. The number of hydrogen-bond donors (Lipinski definition) is 1. The Kier molecular flexibility index (Phi) is 4.19. The van der Waals surface area contributed by atoms with Crippen LogP contribution in [0.1, 0.15) is 16.1 Å². The first-order valence-electron chi connectivity index (χ1n) is 5.28. The lowest BCUT2D eigenvalue weighted by atomic mass is 10.2. The van der Waals surface area contributed by atoms with E-state index >= 15 is 0 Å². The molecule has 2 aromatic rings. The minimum Gasteiger partial charge on any atom is -0.346 e. The number of nitrogens with one attached hydrogen (secondary N) is 1. The first-order valence-corrected chi connectivity index (χ1v) is 6.86. The molecule has 0 atom stereocenters. The second kappa shape index (κ2) is 5.67. The van der Waals surface area contributed by atoms with E-state index in [9.17, 15) is 4.79 Å². The average molecular weight is 373 g/mol. The zero-order valence-electron chi connectivity index (χ0n) is 9.65. The van der Waals surface area contributed by atoms with E-state index in [1.807, 2.05) is 31.4 Å². The van der Waals surface area contributed by atoms with E-state index in [0.717, 1.165) is 14.6 Å². The van der Waals surface area contributed by atoms with Crippen molar-refractivity contribution >= 4 is 37.8 Å². The normalized spacial score (nSPS) is 10.4. The fourth-order valence-corrected chi connectivity index (χ4v) is 2.28. The largest absolute Gasteiger partial charge is 0.346 e. The first kappa shape index (κ1) is 13.3. The van der Waals surface area contributed by atoms with Gasteiger partial charge in [0.2, 0.25) is 0 Å². The number of hydrogen-bond acceptors (Lipinski definition) is 2. The molecule has 0 saturated heterocycles. The lowest BCUT2D eigenvalue weighted by molar-refractivity contribution is 0.0949. The quantitative estimate of drug-likeness (QED) is 0.900. The molecule has 2 rings (SSSR count). The molecule has 0 fully saturated rings. The van der Waals surface area contributed by atoms with E-state index < -0.39 is 0 Å². The number of carbonyl (C=O) groups excluding carboxylic acids is 1. The molecule has 0 aliphatic rings. The highest BCUT2D eigenvalue weighted by Crippen LogP contribution is 2.21. The van der Waals surface area contributed by atoms with E-state index in [1.165, 1.54) is 0 Å². The smallest absolute Gasteiger partial charge is 0.252 e. The van der Waals surface area contributed by atoms with Gasteiger partial charge in [0.25, 0.3) is 5.91 Å². The Morgan fingerprint density at radius 3 is 2.83 bits per heavy atom. The molecular weight excluding hydrogens is 362 g/mol. The summed E-state index contributed by atoms with van der Waals surface area (Å²) in [4.78, 5) is 12.0. The van der Waals surface area contributed by atoms with Gasteiger partial charge in [-0.1, -0.05) is 15.9 Å². The Bertz CT molecular complexity index is 580. The summed E-state index contributed by atoms with van der Waals surface area (Å²) >= 11 is 6.71. The third kappa shape index (κ3) is 3.20.